The third-order valence-corrected chi connectivity index (χ3v) is 8.30. The van der Waals surface area contributed by atoms with Crippen molar-refractivity contribution in [1.29, 1.82) is 0 Å². The van der Waals surface area contributed by atoms with Gasteiger partial charge < -0.3 is 15.0 Å². The lowest BCUT2D eigenvalue weighted by Gasteiger charge is -2.27. The number of aromatic amines is 1. The number of carbonyl (C=O) groups is 2. The Morgan fingerprint density at radius 3 is 2.74 bits per heavy atom. The summed E-state index contributed by atoms with van der Waals surface area (Å²) in [5, 5.41) is 4.22. The van der Waals surface area contributed by atoms with E-state index in [0.717, 1.165) is 69.7 Å². The maximum Gasteiger partial charge on any atom is 0.223 e. The third-order valence-electron chi connectivity index (χ3n) is 7.52. The summed E-state index contributed by atoms with van der Waals surface area (Å²) in [4.78, 5) is 39.1. The van der Waals surface area contributed by atoms with Crippen molar-refractivity contribution in [3.05, 3.63) is 71.7 Å². The van der Waals surface area contributed by atoms with Crippen LogP contribution >= 0.6 is 11.8 Å². The summed E-state index contributed by atoms with van der Waals surface area (Å²) < 4.78 is 5.59. The maximum atomic E-state index is 12.9. The number of para-hydroxylation sites is 1. The molecule has 1 aliphatic heterocycles. The second-order valence-corrected chi connectivity index (χ2v) is 11.0. The number of methoxy groups -OCH3 is 1. The molecular formula is C31H34N4O3S. The Balaban J connectivity index is 1.27. The number of thioether (sulfide) groups is 1. The molecule has 1 aliphatic rings. The van der Waals surface area contributed by atoms with E-state index in [1.165, 1.54) is 0 Å². The van der Waals surface area contributed by atoms with E-state index >= 15 is 0 Å². The van der Waals surface area contributed by atoms with E-state index < -0.39 is 5.54 Å². The molecule has 1 unspecified atom stereocenters. The average molecular weight is 543 g/mol. The van der Waals surface area contributed by atoms with E-state index in [2.05, 4.69) is 21.4 Å². The number of pyridine rings is 1. The minimum Gasteiger partial charge on any atom is -0.480 e. The number of ether oxygens (including phenoxy) is 1. The van der Waals surface area contributed by atoms with Crippen molar-refractivity contribution >= 4 is 34.4 Å². The van der Waals surface area contributed by atoms with Crippen LogP contribution in [0.4, 0.5) is 0 Å². The fourth-order valence-electron chi connectivity index (χ4n) is 5.40. The highest BCUT2D eigenvalue weighted by Crippen LogP contribution is 2.37. The van der Waals surface area contributed by atoms with Crippen LogP contribution in [-0.2, 0) is 10.3 Å². The monoisotopic (exact) mass is 542 g/mol. The maximum absolute atomic E-state index is 12.9. The first-order chi connectivity index (χ1) is 18.9. The minimum atomic E-state index is -0.542. The highest BCUT2D eigenvalue weighted by molar-refractivity contribution is 7.98. The summed E-state index contributed by atoms with van der Waals surface area (Å²) in [6, 6.07) is 16.0. The number of aromatic nitrogens is 3. The number of H-pyrrole nitrogens is 1. The summed E-state index contributed by atoms with van der Waals surface area (Å²) >= 11 is 1.62. The molecule has 0 radical (unpaired) electrons. The number of imidazole rings is 1. The molecule has 202 valence electrons. The van der Waals surface area contributed by atoms with Crippen molar-refractivity contribution in [3.8, 4) is 17.1 Å². The number of fused-ring (bicyclic) bond motifs is 1. The van der Waals surface area contributed by atoms with Gasteiger partial charge >= 0.3 is 0 Å². The van der Waals surface area contributed by atoms with E-state index in [0.29, 0.717) is 25.1 Å². The molecule has 2 aromatic carbocycles. The Morgan fingerprint density at radius 1 is 1.13 bits per heavy atom. The number of hydrogen-bond acceptors (Lipinski definition) is 6. The SMILES string of the molecule is COc1nc2ccccc2cc1-c1cnc(C2(CCCCCC(=O)c3ccc(C)cc3SC)CCC(=O)N2)[nH]1. The molecule has 8 heteroatoms. The van der Waals surface area contributed by atoms with Gasteiger partial charge in [-0.1, -0.05) is 43.2 Å². The van der Waals surface area contributed by atoms with Crippen molar-refractivity contribution in [3.63, 3.8) is 0 Å². The number of aryl methyl sites for hydroxylation is 1. The van der Waals surface area contributed by atoms with Crippen molar-refractivity contribution in [2.75, 3.05) is 13.4 Å². The second kappa shape index (κ2) is 11.6. The number of hydrogen-bond donors (Lipinski definition) is 2. The fraction of sp³-hybridized carbons (Fsp3) is 0.355. The average Bonchev–Trinajstić information content (AvgIpc) is 3.60. The van der Waals surface area contributed by atoms with Crippen LogP contribution in [0, 0.1) is 6.92 Å². The number of ketones is 1. The number of carbonyl (C=O) groups excluding carboxylic acids is 2. The van der Waals surface area contributed by atoms with Crippen molar-refractivity contribution in [2.24, 2.45) is 0 Å². The smallest absolute Gasteiger partial charge is 0.223 e. The number of nitrogens with zero attached hydrogens (tertiary/aromatic N) is 2. The van der Waals surface area contributed by atoms with Crippen LogP contribution in [0.2, 0.25) is 0 Å². The van der Waals surface area contributed by atoms with Crippen LogP contribution in [-0.4, -0.2) is 40.0 Å². The normalized spacial score (nSPS) is 16.9. The fourth-order valence-corrected chi connectivity index (χ4v) is 6.11. The molecule has 3 heterocycles. The number of benzene rings is 2. The highest BCUT2D eigenvalue weighted by Gasteiger charge is 2.41. The van der Waals surface area contributed by atoms with Gasteiger partial charge in [-0.2, -0.15) is 0 Å². The van der Waals surface area contributed by atoms with Gasteiger partial charge in [0, 0.05) is 28.7 Å². The van der Waals surface area contributed by atoms with Gasteiger partial charge in [0.15, 0.2) is 5.78 Å². The molecule has 1 amide bonds. The quantitative estimate of drug-likeness (QED) is 0.126. The summed E-state index contributed by atoms with van der Waals surface area (Å²) in [6.45, 7) is 2.04. The van der Waals surface area contributed by atoms with E-state index in [9.17, 15) is 9.59 Å². The lowest BCUT2D eigenvalue weighted by Crippen LogP contribution is -2.39. The van der Waals surface area contributed by atoms with Gasteiger partial charge in [0.05, 0.1) is 35.6 Å². The first-order valence-electron chi connectivity index (χ1n) is 13.4. The van der Waals surface area contributed by atoms with Crippen LogP contribution in [0.3, 0.4) is 0 Å². The van der Waals surface area contributed by atoms with Gasteiger partial charge in [0.1, 0.15) is 5.82 Å². The predicted molar refractivity (Wildman–Crippen MR) is 155 cm³/mol. The largest absolute Gasteiger partial charge is 0.480 e. The van der Waals surface area contributed by atoms with Gasteiger partial charge in [0.25, 0.3) is 0 Å². The molecule has 7 nitrogen and oxygen atoms in total. The van der Waals surface area contributed by atoms with Crippen LogP contribution in [0.1, 0.15) is 66.7 Å². The Bertz CT molecular complexity index is 1520. The minimum absolute atomic E-state index is 0.0389. The van der Waals surface area contributed by atoms with Crippen LogP contribution in [0.5, 0.6) is 5.88 Å². The number of nitrogens with one attached hydrogen (secondary N) is 2. The van der Waals surface area contributed by atoms with Crippen LogP contribution in [0.15, 0.2) is 59.6 Å². The van der Waals surface area contributed by atoms with Gasteiger partial charge in [-0.15, -0.1) is 11.8 Å². The molecule has 1 saturated heterocycles. The van der Waals surface area contributed by atoms with Crippen LogP contribution in [0.25, 0.3) is 22.2 Å². The molecule has 0 saturated carbocycles. The van der Waals surface area contributed by atoms with Gasteiger partial charge in [0.2, 0.25) is 11.8 Å². The van der Waals surface area contributed by atoms with E-state index in [1.807, 2.05) is 55.6 Å². The molecule has 0 spiro atoms. The molecule has 1 fully saturated rings. The van der Waals surface area contributed by atoms with E-state index in [-0.39, 0.29) is 11.7 Å². The zero-order chi connectivity index (χ0) is 27.4. The second-order valence-electron chi connectivity index (χ2n) is 10.2. The van der Waals surface area contributed by atoms with Gasteiger partial charge in [-0.3, -0.25) is 9.59 Å². The molecule has 0 bridgehead atoms. The first-order valence-corrected chi connectivity index (χ1v) is 14.6. The third kappa shape index (κ3) is 5.71. The van der Waals surface area contributed by atoms with Gasteiger partial charge in [-0.25, -0.2) is 9.97 Å². The molecule has 39 heavy (non-hydrogen) atoms. The molecule has 2 aromatic heterocycles. The predicted octanol–water partition coefficient (Wildman–Crippen LogP) is 6.60. The lowest BCUT2D eigenvalue weighted by atomic mass is 9.89. The van der Waals surface area contributed by atoms with Crippen molar-refractivity contribution in [2.45, 2.75) is 62.3 Å². The number of rotatable bonds is 11. The number of unbranched alkanes of at least 4 members (excludes halogenated alkanes) is 2. The molecule has 2 N–H and O–H groups in total. The standard InChI is InChI=1S/C31H34N4O3S/c1-20-12-13-22(27(17-20)39-3)26(36)11-5-4-8-15-31(16-14-28(37)35-31)30-32-19-25(34-30)23-18-21-9-6-7-10-24(21)33-29(23)38-2/h6-7,9-10,12-13,17-19H,4-5,8,11,14-16H2,1-3H3,(H,32,34)(H,35,37). The Labute approximate surface area is 233 Å². The van der Waals surface area contributed by atoms with Crippen LogP contribution < -0.4 is 10.1 Å². The van der Waals surface area contributed by atoms with E-state index in [1.54, 1.807) is 25.1 Å². The molecule has 5 rings (SSSR count). The topological polar surface area (TPSA) is 97.0 Å². The molecule has 4 aromatic rings. The summed E-state index contributed by atoms with van der Waals surface area (Å²) in [6.07, 6.45) is 8.84. The number of amides is 1. The van der Waals surface area contributed by atoms with Crippen molar-refractivity contribution in [1.82, 2.24) is 20.3 Å². The Kier molecular flexibility index (Phi) is 8.02. The van der Waals surface area contributed by atoms with E-state index in [4.69, 9.17) is 9.72 Å². The molecular weight excluding hydrogens is 508 g/mol. The summed E-state index contributed by atoms with van der Waals surface area (Å²) in [7, 11) is 1.61. The highest BCUT2D eigenvalue weighted by atomic mass is 32.2. The lowest BCUT2D eigenvalue weighted by molar-refractivity contribution is -0.120. The zero-order valence-electron chi connectivity index (χ0n) is 22.7. The first kappa shape index (κ1) is 26.9. The summed E-state index contributed by atoms with van der Waals surface area (Å²) in [5.74, 6) is 1.50. The zero-order valence-corrected chi connectivity index (χ0v) is 23.5. The Morgan fingerprint density at radius 2 is 1.97 bits per heavy atom. The Hall–Kier alpha value is -3.65. The molecule has 0 aliphatic carbocycles. The van der Waals surface area contributed by atoms with Crippen molar-refractivity contribution < 1.29 is 14.3 Å². The number of Topliss-reactive ketones (excluding diaryl/α,β-unsaturated/α-hetero) is 1. The molecule has 1 atom stereocenters. The summed E-state index contributed by atoms with van der Waals surface area (Å²) in [5.41, 5.74) is 3.93. The van der Waals surface area contributed by atoms with Gasteiger partial charge in [-0.05, 0) is 56.2 Å².